The van der Waals surface area contributed by atoms with Crippen LogP contribution in [0.3, 0.4) is 0 Å². The molecule has 0 bridgehead atoms. The first-order valence-corrected chi connectivity index (χ1v) is 29.0. The highest BCUT2D eigenvalue weighted by Gasteiger charge is 2.19. The van der Waals surface area contributed by atoms with E-state index in [1.54, 1.807) is 0 Å². The highest BCUT2D eigenvalue weighted by atomic mass is 16.6. The summed E-state index contributed by atoms with van der Waals surface area (Å²) in [6, 6.07) is 0. The summed E-state index contributed by atoms with van der Waals surface area (Å²) in [5.74, 6) is -0.878. The number of rotatable bonds is 53. The van der Waals surface area contributed by atoms with Gasteiger partial charge in [-0.25, -0.2) is 0 Å². The molecule has 1 atom stereocenters. The van der Waals surface area contributed by atoms with E-state index in [4.69, 9.17) is 14.2 Å². The van der Waals surface area contributed by atoms with Crippen LogP contribution in [0.4, 0.5) is 0 Å². The predicted octanol–water partition coefficient (Wildman–Crippen LogP) is 19.3. The number of esters is 3. The van der Waals surface area contributed by atoms with Crippen molar-refractivity contribution in [2.24, 2.45) is 0 Å². The Hall–Kier alpha value is -2.37. The van der Waals surface area contributed by atoms with Gasteiger partial charge in [0.25, 0.3) is 0 Å². The van der Waals surface area contributed by atoms with Gasteiger partial charge < -0.3 is 14.2 Å². The van der Waals surface area contributed by atoms with Crippen LogP contribution in [0, 0.1) is 0 Å². The number of carbonyl (C=O) groups is 3. The molecular formula is C60H110O6. The van der Waals surface area contributed by atoms with Crippen molar-refractivity contribution in [1.29, 1.82) is 0 Å². The third-order valence-electron chi connectivity index (χ3n) is 12.8. The van der Waals surface area contributed by atoms with Crippen LogP contribution in [0.5, 0.6) is 0 Å². The van der Waals surface area contributed by atoms with Crippen LogP contribution < -0.4 is 0 Å². The monoisotopic (exact) mass is 927 g/mol. The van der Waals surface area contributed by atoms with Crippen LogP contribution in [-0.2, 0) is 28.6 Å². The first-order valence-electron chi connectivity index (χ1n) is 29.0. The lowest BCUT2D eigenvalue weighted by Crippen LogP contribution is -2.30. The van der Waals surface area contributed by atoms with E-state index in [0.717, 1.165) is 64.2 Å². The number of unbranched alkanes of at least 4 members (excludes halogenated alkanes) is 36. The Labute approximate surface area is 410 Å². The topological polar surface area (TPSA) is 78.9 Å². The third kappa shape index (κ3) is 52.6. The van der Waals surface area contributed by atoms with Gasteiger partial charge in [-0.15, -0.1) is 0 Å². The van der Waals surface area contributed by atoms with Gasteiger partial charge in [0.05, 0.1) is 0 Å². The van der Waals surface area contributed by atoms with Crippen LogP contribution >= 0.6 is 0 Å². The van der Waals surface area contributed by atoms with E-state index in [1.807, 2.05) is 0 Å². The minimum Gasteiger partial charge on any atom is -0.462 e. The lowest BCUT2D eigenvalue weighted by atomic mass is 10.1. The zero-order chi connectivity index (χ0) is 47.9. The zero-order valence-corrected chi connectivity index (χ0v) is 44.2. The highest BCUT2D eigenvalue weighted by Crippen LogP contribution is 2.15. The molecule has 0 saturated carbocycles. The Kier molecular flexibility index (Phi) is 53.2. The lowest BCUT2D eigenvalue weighted by molar-refractivity contribution is -0.167. The molecule has 0 aromatic heterocycles. The molecule has 66 heavy (non-hydrogen) atoms. The normalized spacial score (nSPS) is 12.2. The number of hydrogen-bond donors (Lipinski definition) is 0. The molecule has 386 valence electrons. The van der Waals surface area contributed by atoms with Gasteiger partial charge in [-0.1, -0.05) is 231 Å². The molecule has 0 amide bonds. The van der Waals surface area contributed by atoms with Gasteiger partial charge in [0.2, 0.25) is 0 Å². The smallest absolute Gasteiger partial charge is 0.306 e. The number of hydrogen-bond acceptors (Lipinski definition) is 6. The van der Waals surface area contributed by atoms with E-state index < -0.39 is 6.10 Å². The average molecular weight is 928 g/mol. The predicted molar refractivity (Wildman–Crippen MR) is 284 cm³/mol. The SMILES string of the molecule is CCCCCCC/C=C\CCCCCCCC(=O)OCC(COC(=O)CCCCCCCCC/C=C\CCCCCCCC)OC(=O)CCCCCCCCC/C=C\CCCCCCCC. The summed E-state index contributed by atoms with van der Waals surface area (Å²) < 4.78 is 16.9. The van der Waals surface area contributed by atoms with Crippen molar-refractivity contribution in [3.8, 4) is 0 Å². The Morgan fingerprint density at radius 3 is 0.758 bits per heavy atom. The van der Waals surface area contributed by atoms with Crippen molar-refractivity contribution in [1.82, 2.24) is 0 Å². The first-order chi connectivity index (χ1) is 32.5. The summed E-state index contributed by atoms with van der Waals surface area (Å²) in [6.45, 7) is 6.64. The molecule has 0 rings (SSSR count). The van der Waals surface area contributed by atoms with Crippen LogP contribution in [0.15, 0.2) is 36.5 Å². The highest BCUT2D eigenvalue weighted by molar-refractivity contribution is 5.71. The maximum Gasteiger partial charge on any atom is 0.306 e. The van der Waals surface area contributed by atoms with Crippen LogP contribution in [0.2, 0.25) is 0 Å². The number of allylic oxidation sites excluding steroid dienone is 6. The Morgan fingerprint density at radius 2 is 0.500 bits per heavy atom. The van der Waals surface area contributed by atoms with E-state index in [-0.39, 0.29) is 31.1 Å². The van der Waals surface area contributed by atoms with Gasteiger partial charge in [-0.05, 0) is 96.3 Å². The van der Waals surface area contributed by atoms with E-state index in [2.05, 4.69) is 57.2 Å². The summed E-state index contributed by atoms with van der Waals surface area (Å²) in [7, 11) is 0. The van der Waals surface area contributed by atoms with E-state index in [0.29, 0.717) is 19.3 Å². The Balaban J connectivity index is 4.37. The average Bonchev–Trinajstić information content (AvgIpc) is 3.31. The van der Waals surface area contributed by atoms with Gasteiger partial charge in [0.1, 0.15) is 13.2 Å². The van der Waals surface area contributed by atoms with Gasteiger partial charge >= 0.3 is 17.9 Å². The third-order valence-corrected chi connectivity index (χ3v) is 12.8. The second-order valence-corrected chi connectivity index (χ2v) is 19.5. The molecule has 0 aromatic rings. The minimum atomic E-state index is -0.778. The molecule has 0 aliphatic rings. The van der Waals surface area contributed by atoms with Crippen LogP contribution in [-0.4, -0.2) is 37.2 Å². The largest absolute Gasteiger partial charge is 0.462 e. The van der Waals surface area contributed by atoms with Gasteiger partial charge in [-0.2, -0.15) is 0 Å². The molecular weight excluding hydrogens is 817 g/mol. The van der Waals surface area contributed by atoms with Gasteiger partial charge in [0.15, 0.2) is 6.10 Å². The van der Waals surface area contributed by atoms with Crippen molar-refractivity contribution in [2.45, 2.75) is 316 Å². The Morgan fingerprint density at radius 1 is 0.288 bits per heavy atom. The first kappa shape index (κ1) is 63.6. The van der Waals surface area contributed by atoms with Crippen molar-refractivity contribution < 1.29 is 28.6 Å². The lowest BCUT2D eigenvalue weighted by Gasteiger charge is -2.18. The number of ether oxygens (including phenoxy) is 3. The molecule has 6 heteroatoms. The zero-order valence-electron chi connectivity index (χ0n) is 44.2. The summed E-state index contributed by atoms with van der Waals surface area (Å²) in [5.41, 5.74) is 0. The van der Waals surface area contributed by atoms with E-state index in [9.17, 15) is 14.4 Å². The molecule has 0 saturated heterocycles. The molecule has 0 fully saturated rings. The summed E-state index contributed by atoms with van der Waals surface area (Å²) in [4.78, 5) is 38.1. The van der Waals surface area contributed by atoms with Crippen LogP contribution in [0.25, 0.3) is 0 Å². The molecule has 0 radical (unpaired) electrons. The molecule has 0 heterocycles. The van der Waals surface area contributed by atoms with Crippen LogP contribution in [0.1, 0.15) is 310 Å². The van der Waals surface area contributed by atoms with E-state index in [1.165, 1.54) is 205 Å². The summed E-state index contributed by atoms with van der Waals surface area (Å²) >= 11 is 0. The molecule has 1 unspecified atom stereocenters. The van der Waals surface area contributed by atoms with E-state index >= 15 is 0 Å². The molecule has 0 aliphatic heterocycles. The standard InChI is InChI=1S/C60H110O6/c1-4-7-10-13-16-19-22-25-28-30-32-35-38-41-44-47-50-53-59(62)65-56-57(55-64-58(61)52-49-46-43-40-37-34-27-24-21-18-15-12-9-6-3)66-60(63)54-51-48-45-42-39-36-33-31-29-26-23-20-17-14-11-8-5-2/h24-29,57H,4-23,30-56H2,1-3H3/b27-24-,28-25-,29-26-. The van der Waals surface area contributed by atoms with Gasteiger partial charge in [-0.3, -0.25) is 14.4 Å². The van der Waals surface area contributed by atoms with Crippen molar-refractivity contribution >= 4 is 17.9 Å². The molecule has 6 nitrogen and oxygen atoms in total. The second kappa shape index (κ2) is 55.2. The fourth-order valence-electron chi connectivity index (χ4n) is 8.43. The quantitative estimate of drug-likeness (QED) is 0.0262. The van der Waals surface area contributed by atoms with Gasteiger partial charge in [0, 0.05) is 19.3 Å². The minimum absolute atomic E-state index is 0.0766. The Bertz CT molecular complexity index is 1110. The molecule has 0 aromatic carbocycles. The van der Waals surface area contributed by atoms with Crippen molar-refractivity contribution in [2.75, 3.05) is 13.2 Å². The number of carbonyl (C=O) groups excluding carboxylic acids is 3. The molecule has 0 N–H and O–H groups in total. The molecule has 0 spiro atoms. The second-order valence-electron chi connectivity index (χ2n) is 19.5. The summed E-state index contributed by atoms with van der Waals surface area (Å²) in [6.07, 6.45) is 65.6. The van der Waals surface area contributed by atoms with Crippen molar-refractivity contribution in [3.63, 3.8) is 0 Å². The fourth-order valence-corrected chi connectivity index (χ4v) is 8.43. The fraction of sp³-hybridized carbons (Fsp3) is 0.850. The summed E-state index contributed by atoms with van der Waals surface area (Å²) in [5, 5.41) is 0. The van der Waals surface area contributed by atoms with Crippen molar-refractivity contribution in [3.05, 3.63) is 36.5 Å². The molecule has 0 aliphatic carbocycles. The maximum atomic E-state index is 12.9. The maximum absolute atomic E-state index is 12.9.